The maximum Gasteiger partial charge on any atom is 0.319 e. The smallest absolute Gasteiger partial charge is 0.319 e. The van der Waals surface area contributed by atoms with Crippen molar-refractivity contribution in [3.05, 3.63) is 59.7 Å². The van der Waals surface area contributed by atoms with Crippen molar-refractivity contribution >= 4 is 17.7 Å². The molecule has 1 saturated heterocycles. The predicted octanol–water partition coefficient (Wildman–Crippen LogP) is 3.96. The quantitative estimate of drug-likeness (QED) is 0.655. The van der Waals surface area contributed by atoms with E-state index in [4.69, 9.17) is 4.74 Å². The fourth-order valence-electron chi connectivity index (χ4n) is 2.93. The van der Waals surface area contributed by atoms with E-state index in [1.807, 2.05) is 34.9 Å². The van der Waals surface area contributed by atoms with Gasteiger partial charge in [0, 0.05) is 12.0 Å². The van der Waals surface area contributed by atoms with E-state index >= 15 is 0 Å². The molecule has 2 heterocycles. The van der Waals surface area contributed by atoms with Gasteiger partial charge in [-0.2, -0.15) is 0 Å². The van der Waals surface area contributed by atoms with Gasteiger partial charge in [0.15, 0.2) is 11.0 Å². The minimum Gasteiger partial charge on any atom is -0.465 e. The number of carbonyl (C=O) groups excluding carboxylic acids is 1. The van der Waals surface area contributed by atoms with Gasteiger partial charge >= 0.3 is 5.97 Å². The van der Waals surface area contributed by atoms with Gasteiger partial charge in [-0.3, -0.25) is 9.36 Å². The van der Waals surface area contributed by atoms with Crippen LogP contribution in [0, 0.1) is 13.8 Å². The second kappa shape index (κ2) is 6.96. The Balaban J connectivity index is 1.82. The monoisotopic (exact) mass is 365 g/mol. The van der Waals surface area contributed by atoms with Crippen LogP contribution in [0.4, 0.5) is 0 Å². The molecule has 0 bridgehead atoms. The number of benzene rings is 2. The maximum absolute atomic E-state index is 11.9. The molecule has 2 aromatic carbocycles. The third-order valence-electron chi connectivity index (χ3n) is 4.55. The Labute approximate surface area is 156 Å². The van der Waals surface area contributed by atoms with E-state index in [0.29, 0.717) is 18.2 Å². The molecule has 1 aromatic heterocycles. The van der Waals surface area contributed by atoms with Crippen molar-refractivity contribution in [1.29, 1.82) is 0 Å². The lowest BCUT2D eigenvalue weighted by molar-refractivity contribution is -0.137. The van der Waals surface area contributed by atoms with Gasteiger partial charge in [-0.15, -0.1) is 10.2 Å². The lowest BCUT2D eigenvalue weighted by atomic mass is 10.1. The van der Waals surface area contributed by atoms with E-state index in [1.165, 1.54) is 22.9 Å². The third-order valence-corrected chi connectivity index (χ3v) is 5.74. The third kappa shape index (κ3) is 3.12. The summed E-state index contributed by atoms with van der Waals surface area (Å²) in [4.78, 5) is 11.9. The molecule has 4 rings (SSSR count). The van der Waals surface area contributed by atoms with Gasteiger partial charge in [0.05, 0.1) is 12.3 Å². The average molecular weight is 365 g/mol. The summed E-state index contributed by atoms with van der Waals surface area (Å²) >= 11 is 1.42. The summed E-state index contributed by atoms with van der Waals surface area (Å²) in [5.41, 5.74) is 4.41. The summed E-state index contributed by atoms with van der Waals surface area (Å²) in [5.74, 6) is 0.591. The van der Waals surface area contributed by atoms with Crippen molar-refractivity contribution in [3.63, 3.8) is 0 Å². The van der Waals surface area contributed by atoms with Crippen molar-refractivity contribution < 1.29 is 9.53 Å². The molecule has 5 nitrogen and oxygen atoms in total. The molecule has 1 fully saturated rings. The molecule has 1 atom stereocenters. The summed E-state index contributed by atoms with van der Waals surface area (Å²) < 4.78 is 7.12. The van der Waals surface area contributed by atoms with Crippen LogP contribution in [0.25, 0.3) is 17.1 Å². The van der Waals surface area contributed by atoms with Crippen LogP contribution in [0.5, 0.6) is 0 Å². The van der Waals surface area contributed by atoms with Gasteiger partial charge in [0.1, 0.15) is 5.25 Å². The van der Waals surface area contributed by atoms with Gasteiger partial charge in [-0.1, -0.05) is 48.2 Å². The van der Waals surface area contributed by atoms with E-state index in [1.54, 1.807) is 0 Å². The zero-order valence-corrected chi connectivity index (χ0v) is 15.5. The maximum atomic E-state index is 11.9. The lowest BCUT2D eigenvalue weighted by Crippen LogP contribution is -2.11. The second-order valence-electron chi connectivity index (χ2n) is 6.34. The van der Waals surface area contributed by atoms with E-state index in [9.17, 15) is 4.79 Å². The fourth-order valence-corrected chi connectivity index (χ4v) is 3.95. The van der Waals surface area contributed by atoms with Crippen LogP contribution in [0.2, 0.25) is 0 Å². The molecule has 0 saturated carbocycles. The van der Waals surface area contributed by atoms with Gasteiger partial charge in [0.25, 0.3) is 0 Å². The van der Waals surface area contributed by atoms with E-state index in [-0.39, 0.29) is 11.2 Å². The zero-order chi connectivity index (χ0) is 18.1. The summed E-state index contributed by atoms with van der Waals surface area (Å²) in [7, 11) is 0. The number of hydrogen-bond acceptors (Lipinski definition) is 5. The highest BCUT2D eigenvalue weighted by atomic mass is 32.2. The van der Waals surface area contributed by atoms with Crippen molar-refractivity contribution in [1.82, 2.24) is 14.8 Å². The van der Waals surface area contributed by atoms with Crippen LogP contribution >= 0.6 is 11.8 Å². The summed E-state index contributed by atoms with van der Waals surface area (Å²) in [6.45, 7) is 4.65. The summed E-state index contributed by atoms with van der Waals surface area (Å²) in [6, 6.07) is 16.3. The first-order chi connectivity index (χ1) is 12.6. The second-order valence-corrected chi connectivity index (χ2v) is 7.51. The minimum absolute atomic E-state index is 0.175. The van der Waals surface area contributed by atoms with Crippen molar-refractivity contribution in [2.45, 2.75) is 30.7 Å². The van der Waals surface area contributed by atoms with Gasteiger partial charge in [0.2, 0.25) is 0 Å². The molecule has 132 valence electrons. The molecule has 0 amide bonds. The number of carbonyl (C=O) groups is 1. The first-order valence-corrected chi connectivity index (χ1v) is 9.43. The Morgan fingerprint density at radius 3 is 2.58 bits per heavy atom. The van der Waals surface area contributed by atoms with Crippen LogP contribution in [-0.4, -0.2) is 32.6 Å². The molecule has 3 aromatic rings. The molecule has 1 aliphatic rings. The number of thioether (sulfide) groups is 1. The molecular formula is C20H19N3O2S. The molecular weight excluding hydrogens is 346 g/mol. The van der Waals surface area contributed by atoms with E-state index in [2.05, 4.69) is 42.2 Å². The predicted molar refractivity (Wildman–Crippen MR) is 101 cm³/mol. The van der Waals surface area contributed by atoms with Gasteiger partial charge in [-0.05, 0) is 37.1 Å². The number of esters is 1. The Morgan fingerprint density at radius 1 is 1.08 bits per heavy atom. The molecule has 0 spiro atoms. The zero-order valence-electron chi connectivity index (χ0n) is 14.7. The Kier molecular flexibility index (Phi) is 4.51. The number of ether oxygens (including phenoxy) is 1. The van der Waals surface area contributed by atoms with Crippen LogP contribution in [0.3, 0.4) is 0 Å². The number of hydrogen-bond donors (Lipinski definition) is 0. The molecule has 26 heavy (non-hydrogen) atoms. The fraction of sp³-hybridized carbons (Fsp3) is 0.250. The van der Waals surface area contributed by atoms with Crippen molar-refractivity contribution in [2.24, 2.45) is 0 Å². The van der Waals surface area contributed by atoms with Crippen molar-refractivity contribution in [2.75, 3.05) is 6.61 Å². The molecule has 0 radical (unpaired) electrons. The minimum atomic E-state index is -0.229. The van der Waals surface area contributed by atoms with Crippen LogP contribution in [0.15, 0.2) is 53.7 Å². The Bertz CT molecular complexity index is 953. The van der Waals surface area contributed by atoms with Crippen LogP contribution in [-0.2, 0) is 9.53 Å². The number of aryl methyl sites for hydroxylation is 2. The number of aromatic nitrogens is 3. The highest BCUT2D eigenvalue weighted by Gasteiger charge is 2.30. The normalized spacial score (nSPS) is 16.7. The summed E-state index contributed by atoms with van der Waals surface area (Å²) in [5, 5.41) is 9.29. The SMILES string of the molecule is Cc1ccc(-n2c(SC3CCOC3=O)nnc2-c2ccccc2)cc1C. The van der Waals surface area contributed by atoms with Gasteiger partial charge < -0.3 is 4.74 Å². The molecule has 1 aliphatic heterocycles. The van der Waals surface area contributed by atoms with E-state index in [0.717, 1.165) is 17.1 Å². The van der Waals surface area contributed by atoms with Crippen molar-refractivity contribution in [3.8, 4) is 17.1 Å². The Morgan fingerprint density at radius 2 is 1.88 bits per heavy atom. The highest BCUT2D eigenvalue weighted by Crippen LogP contribution is 2.33. The number of nitrogens with zero attached hydrogens (tertiary/aromatic N) is 3. The average Bonchev–Trinajstić information content (AvgIpc) is 3.25. The molecule has 6 heteroatoms. The number of cyclic esters (lactones) is 1. The summed E-state index contributed by atoms with van der Waals surface area (Å²) in [6.07, 6.45) is 0.698. The molecule has 0 aliphatic carbocycles. The first-order valence-electron chi connectivity index (χ1n) is 8.55. The first kappa shape index (κ1) is 16.8. The van der Waals surface area contributed by atoms with E-state index < -0.39 is 0 Å². The number of rotatable bonds is 4. The highest BCUT2D eigenvalue weighted by molar-refractivity contribution is 8.00. The van der Waals surface area contributed by atoms with Crippen LogP contribution in [0.1, 0.15) is 17.5 Å². The van der Waals surface area contributed by atoms with Crippen LogP contribution < -0.4 is 0 Å². The Hall–Kier alpha value is -2.60. The largest absolute Gasteiger partial charge is 0.465 e. The van der Waals surface area contributed by atoms with Gasteiger partial charge in [-0.25, -0.2) is 0 Å². The molecule has 1 unspecified atom stereocenters. The topological polar surface area (TPSA) is 57.0 Å². The standard InChI is InChI=1S/C20H19N3O2S/c1-13-8-9-16(12-14(13)2)23-18(15-6-4-3-5-7-15)21-22-20(23)26-17-10-11-25-19(17)24/h3-9,12,17H,10-11H2,1-2H3. The lowest BCUT2D eigenvalue weighted by Gasteiger charge is -2.13. The molecule has 0 N–H and O–H groups in total.